The van der Waals surface area contributed by atoms with Gasteiger partial charge in [-0.3, -0.25) is 4.79 Å². The maximum absolute atomic E-state index is 12.3. The number of thiophene rings is 1. The number of rotatable bonds is 3. The van der Waals surface area contributed by atoms with Gasteiger partial charge in [0.15, 0.2) is 0 Å². The number of nitrogens with two attached hydrogens (primary N) is 1. The minimum Gasteiger partial charge on any atom is -0.397 e. The summed E-state index contributed by atoms with van der Waals surface area (Å²) in [5, 5.41) is 3.92. The Morgan fingerprint density at radius 2 is 2.05 bits per heavy atom. The van der Waals surface area contributed by atoms with Crippen molar-refractivity contribution < 1.29 is 4.79 Å². The summed E-state index contributed by atoms with van der Waals surface area (Å²) < 4.78 is 1.95. The number of carbonyl (C=O) groups excluding carboxylic acids is 1. The highest BCUT2D eigenvalue weighted by Gasteiger charge is 2.20. The van der Waals surface area contributed by atoms with Gasteiger partial charge in [0.25, 0.3) is 5.91 Å². The van der Waals surface area contributed by atoms with Gasteiger partial charge in [-0.25, -0.2) is 0 Å². The Morgan fingerprint density at radius 3 is 2.63 bits per heavy atom. The number of fused-ring (bicyclic) bond motifs is 1. The third-order valence-corrected chi connectivity index (χ3v) is 5.10. The second kappa shape index (κ2) is 5.51. The molecule has 0 bridgehead atoms. The van der Waals surface area contributed by atoms with Crippen molar-refractivity contribution in [1.82, 2.24) is 5.32 Å². The summed E-state index contributed by atoms with van der Waals surface area (Å²) in [6, 6.07) is 5.98. The molecule has 0 fully saturated rings. The molecule has 3 N–H and O–H groups in total. The van der Waals surface area contributed by atoms with Crippen molar-refractivity contribution in [2.24, 2.45) is 5.92 Å². The van der Waals surface area contributed by atoms with Crippen molar-refractivity contribution in [3.63, 3.8) is 0 Å². The molecule has 3 nitrogen and oxygen atoms in total. The monoisotopic (exact) mass is 340 g/mol. The van der Waals surface area contributed by atoms with E-state index >= 15 is 0 Å². The van der Waals surface area contributed by atoms with E-state index in [1.54, 1.807) is 0 Å². The lowest BCUT2D eigenvalue weighted by atomic mass is 10.1. The average molecular weight is 341 g/mol. The average Bonchev–Trinajstić information content (AvgIpc) is 2.68. The standard InChI is InChI=1S/C14H17BrN2OS/c1-7(2)8(3)17-14(18)13-12(16)11-9(15)5-4-6-10(11)19-13/h4-8H,16H2,1-3H3,(H,17,18). The highest BCUT2D eigenvalue weighted by Crippen LogP contribution is 2.38. The largest absolute Gasteiger partial charge is 0.397 e. The van der Waals surface area contributed by atoms with Crippen LogP contribution in [0.1, 0.15) is 30.4 Å². The lowest BCUT2D eigenvalue weighted by Gasteiger charge is -2.16. The maximum Gasteiger partial charge on any atom is 0.263 e. The predicted octanol–water partition coefficient (Wildman–Crippen LogP) is 4.02. The number of hydrogen-bond acceptors (Lipinski definition) is 3. The number of hydrogen-bond donors (Lipinski definition) is 2. The van der Waals surface area contributed by atoms with E-state index in [2.05, 4.69) is 35.1 Å². The Morgan fingerprint density at radius 1 is 1.37 bits per heavy atom. The predicted molar refractivity (Wildman–Crippen MR) is 85.7 cm³/mol. The minimum atomic E-state index is -0.0909. The third kappa shape index (κ3) is 2.77. The molecule has 5 heteroatoms. The molecule has 0 saturated carbocycles. The highest BCUT2D eigenvalue weighted by atomic mass is 79.9. The molecular weight excluding hydrogens is 324 g/mol. The lowest BCUT2D eigenvalue weighted by Crippen LogP contribution is -2.35. The molecule has 102 valence electrons. The molecule has 2 rings (SSSR count). The molecule has 1 atom stereocenters. The fourth-order valence-electron chi connectivity index (χ4n) is 1.74. The van der Waals surface area contributed by atoms with Crippen molar-refractivity contribution in [2.75, 3.05) is 5.73 Å². The first-order valence-electron chi connectivity index (χ1n) is 6.19. The zero-order valence-corrected chi connectivity index (χ0v) is 13.6. The smallest absolute Gasteiger partial charge is 0.263 e. The van der Waals surface area contributed by atoms with E-state index < -0.39 is 0 Å². The van der Waals surface area contributed by atoms with Crippen LogP contribution in [0.5, 0.6) is 0 Å². The Bertz CT molecular complexity index is 621. The van der Waals surface area contributed by atoms with Crippen LogP contribution in [0.25, 0.3) is 10.1 Å². The van der Waals surface area contributed by atoms with Gasteiger partial charge in [-0.05, 0) is 25.0 Å². The number of carbonyl (C=O) groups is 1. The van der Waals surface area contributed by atoms with E-state index in [9.17, 15) is 4.79 Å². The molecule has 2 aromatic rings. The van der Waals surface area contributed by atoms with Crippen LogP contribution in [0, 0.1) is 5.92 Å². The third-order valence-electron chi connectivity index (χ3n) is 3.27. The number of nitrogen functional groups attached to an aromatic ring is 1. The molecule has 1 amide bonds. The Hall–Kier alpha value is -1.07. The summed E-state index contributed by atoms with van der Waals surface area (Å²) in [6.07, 6.45) is 0. The summed E-state index contributed by atoms with van der Waals surface area (Å²) in [7, 11) is 0. The Balaban J connectivity index is 2.38. The van der Waals surface area contributed by atoms with E-state index in [4.69, 9.17) is 5.73 Å². The van der Waals surface area contributed by atoms with E-state index in [0.29, 0.717) is 16.5 Å². The Labute approximate surface area is 125 Å². The molecular formula is C14H17BrN2OS. The number of anilines is 1. The van der Waals surface area contributed by atoms with Gasteiger partial charge in [0.05, 0.1) is 5.69 Å². The normalized spacial score (nSPS) is 12.9. The molecule has 0 saturated heterocycles. The van der Waals surface area contributed by atoms with Crippen molar-refractivity contribution in [2.45, 2.75) is 26.8 Å². The van der Waals surface area contributed by atoms with Crippen LogP contribution in [-0.4, -0.2) is 11.9 Å². The summed E-state index contributed by atoms with van der Waals surface area (Å²) in [5.74, 6) is 0.304. The molecule has 1 aromatic heterocycles. The summed E-state index contributed by atoms with van der Waals surface area (Å²) in [6.45, 7) is 6.16. The van der Waals surface area contributed by atoms with Crippen molar-refractivity contribution in [3.8, 4) is 0 Å². The van der Waals surface area contributed by atoms with Crippen LogP contribution in [0.4, 0.5) is 5.69 Å². The quantitative estimate of drug-likeness (QED) is 0.886. The van der Waals surface area contributed by atoms with Crippen LogP contribution < -0.4 is 11.1 Å². The first-order chi connectivity index (χ1) is 8.91. The topological polar surface area (TPSA) is 55.1 Å². The lowest BCUT2D eigenvalue weighted by molar-refractivity contribution is 0.0935. The fraction of sp³-hybridized carbons (Fsp3) is 0.357. The van der Waals surface area contributed by atoms with Gasteiger partial charge in [0.2, 0.25) is 0 Å². The molecule has 1 aromatic carbocycles. The first kappa shape index (κ1) is 14.3. The highest BCUT2D eigenvalue weighted by molar-refractivity contribution is 9.10. The van der Waals surface area contributed by atoms with E-state index in [-0.39, 0.29) is 11.9 Å². The van der Waals surface area contributed by atoms with Crippen molar-refractivity contribution in [3.05, 3.63) is 27.5 Å². The maximum atomic E-state index is 12.3. The van der Waals surface area contributed by atoms with Gasteiger partial charge >= 0.3 is 0 Å². The van der Waals surface area contributed by atoms with Crippen LogP contribution in [-0.2, 0) is 0 Å². The minimum absolute atomic E-state index is 0.0909. The molecule has 0 spiro atoms. The van der Waals surface area contributed by atoms with Gasteiger partial charge in [-0.2, -0.15) is 0 Å². The van der Waals surface area contributed by atoms with E-state index in [1.807, 2.05) is 25.1 Å². The van der Waals surface area contributed by atoms with Gasteiger partial charge in [-0.15, -0.1) is 11.3 Å². The van der Waals surface area contributed by atoms with Gasteiger partial charge in [0.1, 0.15) is 4.88 Å². The Kier molecular flexibility index (Phi) is 4.16. The molecule has 19 heavy (non-hydrogen) atoms. The zero-order valence-electron chi connectivity index (χ0n) is 11.2. The van der Waals surface area contributed by atoms with Gasteiger partial charge in [-0.1, -0.05) is 35.8 Å². The zero-order chi connectivity index (χ0) is 14.2. The van der Waals surface area contributed by atoms with Gasteiger partial charge < -0.3 is 11.1 Å². The van der Waals surface area contributed by atoms with Crippen LogP contribution in [0.2, 0.25) is 0 Å². The molecule has 1 heterocycles. The van der Waals surface area contributed by atoms with Crippen LogP contribution in [0.15, 0.2) is 22.7 Å². The summed E-state index contributed by atoms with van der Waals surface area (Å²) >= 11 is 4.91. The summed E-state index contributed by atoms with van der Waals surface area (Å²) in [4.78, 5) is 12.9. The number of halogens is 1. The number of benzene rings is 1. The van der Waals surface area contributed by atoms with E-state index in [0.717, 1.165) is 14.6 Å². The number of nitrogens with one attached hydrogen (secondary N) is 1. The first-order valence-corrected chi connectivity index (χ1v) is 7.80. The molecule has 0 aliphatic heterocycles. The fourth-order valence-corrected chi connectivity index (χ4v) is 3.50. The second-order valence-electron chi connectivity index (χ2n) is 4.96. The molecule has 1 unspecified atom stereocenters. The SMILES string of the molecule is CC(C)C(C)NC(=O)c1sc2cccc(Br)c2c1N. The molecule has 0 aliphatic carbocycles. The van der Waals surface area contributed by atoms with Crippen molar-refractivity contribution in [1.29, 1.82) is 0 Å². The van der Waals surface area contributed by atoms with Crippen molar-refractivity contribution >= 4 is 48.9 Å². The second-order valence-corrected chi connectivity index (χ2v) is 6.87. The summed E-state index contributed by atoms with van der Waals surface area (Å²) in [5.41, 5.74) is 6.67. The van der Waals surface area contributed by atoms with E-state index in [1.165, 1.54) is 11.3 Å². The van der Waals surface area contributed by atoms with Crippen LogP contribution in [0.3, 0.4) is 0 Å². The molecule has 0 aliphatic rings. The van der Waals surface area contributed by atoms with Gasteiger partial charge in [0, 0.05) is 20.6 Å². The number of amides is 1. The van der Waals surface area contributed by atoms with Crippen LogP contribution >= 0.6 is 27.3 Å². The molecule has 0 radical (unpaired) electrons.